The number of rotatable bonds is 4. The van der Waals surface area contributed by atoms with Gasteiger partial charge in [-0.3, -0.25) is 0 Å². The largest absolute Gasteiger partial charge is 0.461 e. The Morgan fingerprint density at radius 2 is 1.85 bits per heavy atom. The molecule has 3 nitrogen and oxygen atoms in total. The molecular formula is C16H22O3S. The minimum absolute atomic E-state index is 0.139. The van der Waals surface area contributed by atoms with Crippen molar-refractivity contribution in [2.24, 2.45) is 0 Å². The summed E-state index contributed by atoms with van der Waals surface area (Å²) in [6, 6.07) is 9.88. The molecule has 0 aliphatic heterocycles. The first-order valence-electron chi connectivity index (χ1n) is 7.10. The van der Waals surface area contributed by atoms with Crippen molar-refractivity contribution in [2.45, 2.75) is 50.1 Å². The van der Waals surface area contributed by atoms with Gasteiger partial charge in [-0.2, -0.15) is 0 Å². The van der Waals surface area contributed by atoms with Gasteiger partial charge < -0.3 is 9.47 Å². The molecule has 1 aromatic carbocycles. The maximum absolute atomic E-state index is 11.6. The van der Waals surface area contributed by atoms with Crippen LogP contribution < -0.4 is 0 Å². The molecule has 0 radical (unpaired) electrons. The van der Waals surface area contributed by atoms with E-state index < -0.39 is 0 Å². The van der Waals surface area contributed by atoms with E-state index in [4.69, 9.17) is 9.47 Å². The second kappa shape index (κ2) is 7.14. The van der Waals surface area contributed by atoms with Crippen molar-refractivity contribution >= 4 is 17.1 Å². The zero-order chi connectivity index (χ0) is 14.4. The van der Waals surface area contributed by atoms with Crippen molar-refractivity contribution in [2.75, 3.05) is 7.11 Å². The van der Waals surface area contributed by atoms with Crippen LogP contribution in [0, 0.1) is 0 Å². The third kappa shape index (κ3) is 4.25. The minimum atomic E-state index is -0.307. The highest BCUT2D eigenvalue weighted by Gasteiger charge is 2.32. The van der Waals surface area contributed by atoms with E-state index >= 15 is 0 Å². The predicted octanol–water partition coefficient (Wildman–Crippen LogP) is 4.92. The molecule has 0 saturated heterocycles. The molecule has 110 valence electrons. The van der Waals surface area contributed by atoms with Crippen LogP contribution in [0.3, 0.4) is 0 Å². The third-order valence-electron chi connectivity index (χ3n) is 3.74. The fourth-order valence-corrected chi connectivity index (χ4v) is 3.43. The topological polar surface area (TPSA) is 35.5 Å². The van der Waals surface area contributed by atoms with Crippen LogP contribution >= 0.6 is 11.8 Å². The lowest BCUT2D eigenvalue weighted by Crippen LogP contribution is -2.32. The van der Waals surface area contributed by atoms with Crippen molar-refractivity contribution in [1.82, 2.24) is 0 Å². The Morgan fingerprint density at radius 1 is 1.20 bits per heavy atom. The maximum Gasteiger partial charge on any atom is 0.369 e. The van der Waals surface area contributed by atoms with Gasteiger partial charge in [0.25, 0.3) is 0 Å². The number of thioether (sulfide) groups is 1. The smallest absolute Gasteiger partial charge is 0.369 e. The molecule has 1 fully saturated rings. The lowest BCUT2D eigenvalue weighted by molar-refractivity contribution is -0.0705. The van der Waals surface area contributed by atoms with E-state index in [0.29, 0.717) is 0 Å². The Kier molecular flexibility index (Phi) is 5.49. The summed E-state index contributed by atoms with van der Waals surface area (Å²) in [5, 5.41) is -0.307. The van der Waals surface area contributed by atoms with Crippen LogP contribution in [0.2, 0.25) is 0 Å². The number of benzene rings is 1. The van der Waals surface area contributed by atoms with Crippen molar-refractivity contribution in [1.29, 1.82) is 0 Å². The molecular weight excluding hydrogens is 272 g/mol. The van der Waals surface area contributed by atoms with E-state index in [2.05, 4.69) is 6.92 Å². The van der Waals surface area contributed by atoms with Gasteiger partial charge >= 0.3 is 5.30 Å². The molecule has 0 heterocycles. The summed E-state index contributed by atoms with van der Waals surface area (Å²) < 4.78 is 11.1. The Labute approximate surface area is 125 Å². The van der Waals surface area contributed by atoms with Gasteiger partial charge in [-0.1, -0.05) is 49.6 Å². The van der Waals surface area contributed by atoms with Crippen LogP contribution in [0.4, 0.5) is 4.79 Å². The maximum atomic E-state index is 11.6. The van der Waals surface area contributed by atoms with Crippen LogP contribution in [-0.4, -0.2) is 18.0 Å². The molecule has 4 heteroatoms. The quantitative estimate of drug-likeness (QED) is 0.583. The molecule has 0 bridgehead atoms. The standard InChI is InChI=1S/C16H22O3S/c1-16(11-7-4-8-12-16)19-14(20-15(17)18-2)13-9-5-3-6-10-13/h3,5-6,9-10,14H,4,7-8,11-12H2,1-2H3. The summed E-state index contributed by atoms with van der Waals surface area (Å²) in [5.41, 5.74) is 0.571. The molecule has 0 N–H and O–H groups in total. The Hall–Kier alpha value is -1.00. The van der Waals surface area contributed by atoms with E-state index in [1.165, 1.54) is 26.4 Å². The van der Waals surface area contributed by atoms with Crippen molar-refractivity contribution < 1.29 is 14.3 Å². The van der Waals surface area contributed by atoms with Crippen LogP contribution in [0.1, 0.15) is 50.0 Å². The highest BCUT2D eigenvalue weighted by Crippen LogP contribution is 2.40. The molecule has 20 heavy (non-hydrogen) atoms. The number of hydrogen-bond donors (Lipinski definition) is 0. The van der Waals surface area contributed by atoms with Crippen LogP contribution in [0.25, 0.3) is 0 Å². The molecule has 2 rings (SSSR count). The minimum Gasteiger partial charge on any atom is -0.461 e. The number of hydrogen-bond acceptors (Lipinski definition) is 4. The van der Waals surface area contributed by atoms with Gasteiger partial charge in [-0.25, -0.2) is 4.79 Å². The molecule has 0 aromatic heterocycles. The molecule has 1 saturated carbocycles. The molecule has 1 atom stereocenters. The summed E-state index contributed by atoms with van der Waals surface area (Å²) in [5.74, 6) is 0. The molecule has 1 aliphatic rings. The van der Waals surface area contributed by atoms with Gasteiger partial charge in [0.05, 0.1) is 12.7 Å². The first-order valence-corrected chi connectivity index (χ1v) is 7.98. The van der Waals surface area contributed by atoms with E-state index in [1.807, 2.05) is 30.3 Å². The van der Waals surface area contributed by atoms with Crippen molar-refractivity contribution in [3.05, 3.63) is 35.9 Å². The Bertz CT molecular complexity index is 427. The third-order valence-corrected chi connectivity index (χ3v) is 4.69. The van der Waals surface area contributed by atoms with E-state index in [9.17, 15) is 4.79 Å². The van der Waals surface area contributed by atoms with E-state index in [1.54, 1.807) is 0 Å². The van der Waals surface area contributed by atoms with Gasteiger partial charge in [-0.05, 0) is 37.1 Å². The first-order chi connectivity index (χ1) is 9.63. The van der Waals surface area contributed by atoms with Gasteiger partial charge in [0.1, 0.15) is 5.44 Å². The van der Waals surface area contributed by atoms with Crippen LogP contribution in [0.5, 0.6) is 0 Å². The zero-order valence-electron chi connectivity index (χ0n) is 12.1. The highest BCUT2D eigenvalue weighted by atomic mass is 32.2. The molecule has 0 amide bonds. The van der Waals surface area contributed by atoms with Gasteiger partial charge in [-0.15, -0.1) is 0 Å². The number of carbonyl (C=O) groups excluding carboxylic acids is 1. The fraction of sp³-hybridized carbons (Fsp3) is 0.562. The average Bonchev–Trinajstić information content (AvgIpc) is 2.48. The Balaban J connectivity index is 2.11. The summed E-state index contributed by atoms with van der Waals surface area (Å²) in [7, 11) is 1.40. The average molecular weight is 294 g/mol. The summed E-state index contributed by atoms with van der Waals surface area (Å²) in [6.07, 6.45) is 5.77. The Morgan fingerprint density at radius 3 is 2.45 bits per heavy atom. The molecule has 0 spiro atoms. The lowest BCUT2D eigenvalue weighted by Gasteiger charge is -2.36. The number of carbonyl (C=O) groups is 1. The van der Waals surface area contributed by atoms with Crippen molar-refractivity contribution in [3.8, 4) is 0 Å². The lowest BCUT2D eigenvalue weighted by atomic mass is 9.86. The SMILES string of the molecule is COC(=O)SC(OC1(C)CCCCC1)c1ccccc1. The predicted molar refractivity (Wildman–Crippen MR) is 81.8 cm³/mol. The number of methoxy groups -OCH3 is 1. The molecule has 1 aliphatic carbocycles. The number of ether oxygens (including phenoxy) is 2. The second-order valence-corrected chi connectivity index (χ2v) is 6.44. The fourth-order valence-electron chi connectivity index (χ4n) is 2.58. The monoisotopic (exact) mass is 294 g/mol. The van der Waals surface area contributed by atoms with Crippen LogP contribution in [-0.2, 0) is 9.47 Å². The highest BCUT2D eigenvalue weighted by molar-refractivity contribution is 8.13. The van der Waals surface area contributed by atoms with Gasteiger partial charge in [0.2, 0.25) is 0 Å². The molecule has 1 aromatic rings. The van der Waals surface area contributed by atoms with Crippen molar-refractivity contribution in [3.63, 3.8) is 0 Å². The van der Waals surface area contributed by atoms with Gasteiger partial charge in [0.15, 0.2) is 0 Å². The second-order valence-electron chi connectivity index (χ2n) is 5.44. The summed E-state index contributed by atoms with van der Waals surface area (Å²) in [6.45, 7) is 2.15. The summed E-state index contributed by atoms with van der Waals surface area (Å²) in [4.78, 5) is 11.6. The molecule has 1 unspecified atom stereocenters. The summed E-state index contributed by atoms with van der Waals surface area (Å²) >= 11 is 1.11. The van der Waals surface area contributed by atoms with E-state index in [-0.39, 0.29) is 16.3 Å². The normalized spacial score (nSPS) is 19.3. The first kappa shape index (κ1) is 15.4. The zero-order valence-corrected chi connectivity index (χ0v) is 12.9. The van der Waals surface area contributed by atoms with E-state index in [0.717, 1.165) is 30.2 Å². The van der Waals surface area contributed by atoms with Gasteiger partial charge in [0, 0.05) is 0 Å². The van der Waals surface area contributed by atoms with Crippen LogP contribution in [0.15, 0.2) is 30.3 Å².